The van der Waals surface area contributed by atoms with Gasteiger partial charge in [-0.15, -0.1) is 4.15 Å². The van der Waals surface area contributed by atoms with Crippen molar-refractivity contribution in [1.82, 2.24) is 4.67 Å². The molecule has 0 fully saturated rings. The van der Waals surface area contributed by atoms with Crippen molar-refractivity contribution < 1.29 is 27.0 Å². The molecular formula is C15H25N2O6PS. The predicted octanol–water partition coefficient (Wildman–Crippen LogP) is 3.13. The van der Waals surface area contributed by atoms with Gasteiger partial charge >= 0.3 is 13.6 Å². The van der Waals surface area contributed by atoms with Gasteiger partial charge in [-0.3, -0.25) is 0 Å². The average molecular weight is 392 g/mol. The van der Waals surface area contributed by atoms with Crippen molar-refractivity contribution in [3.63, 3.8) is 0 Å². The van der Waals surface area contributed by atoms with E-state index in [2.05, 4.69) is 4.15 Å². The maximum Gasteiger partial charge on any atom is 0.338 e. The normalized spacial score (nSPS) is 12.2. The lowest BCUT2D eigenvalue weighted by molar-refractivity contribution is 0.0526. The molecule has 0 aliphatic carbocycles. The van der Waals surface area contributed by atoms with Crippen LogP contribution in [0.1, 0.15) is 31.1 Å². The van der Waals surface area contributed by atoms with Crippen LogP contribution in [0.4, 0.5) is 0 Å². The quantitative estimate of drug-likeness (QED) is 0.471. The molecule has 0 radical (unpaired) electrons. The molecule has 0 atom stereocenters. The van der Waals surface area contributed by atoms with E-state index in [1.807, 2.05) is 0 Å². The molecule has 0 amide bonds. The molecule has 0 aliphatic heterocycles. The van der Waals surface area contributed by atoms with Crippen molar-refractivity contribution in [2.75, 3.05) is 33.9 Å². The molecular weight excluding hydrogens is 367 g/mol. The number of carbonyl (C=O) groups excluding carboxylic acids is 1. The summed E-state index contributed by atoms with van der Waals surface area (Å²) in [7, 11) is -3.84. The molecule has 0 spiro atoms. The highest BCUT2D eigenvalue weighted by Gasteiger charge is 2.29. The molecule has 142 valence electrons. The number of sulfonamides is 1. The first-order chi connectivity index (χ1) is 11.7. The molecule has 0 heterocycles. The topological polar surface area (TPSA) is 94.5 Å². The number of benzene rings is 1. The van der Waals surface area contributed by atoms with Crippen LogP contribution >= 0.6 is 7.66 Å². The fraction of sp³-hybridized carbons (Fsp3) is 0.533. The van der Waals surface area contributed by atoms with Crippen molar-refractivity contribution >= 4 is 23.7 Å². The van der Waals surface area contributed by atoms with Crippen LogP contribution in [0.3, 0.4) is 0 Å². The van der Waals surface area contributed by atoms with Crippen LogP contribution in [0, 0.1) is 0 Å². The maximum atomic E-state index is 12.7. The Kier molecular flexibility index (Phi) is 8.24. The molecule has 0 saturated carbocycles. The molecule has 1 aromatic carbocycles. The number of ether oxygens (including phenoxy) is 1. The van der Waals surface area contributed by atoms with E-state index in [-0.39, 0.29) is 30.3 Å². The van der Waals surface area contributed by atoms with Crippen molar-refractivity contribution in [1.29, 1.82) is 0 Å². The van der Waals surface area contributed by atoms with Gasteiger partial charge in [0.15, 0.2) is 0 Å². The molecule has 8 nitrogen and oxygen atoms in total. The van der Waals surface area contributed by atoms with E-state index in [1.54, 1.807) is 39.5 Å². The molecule has 0 aliphatic rings. The van der Waals surface area contributed by atoms with Crippen LogP contribution < -0.4 is 0 Å². The van der Waals surface area contributed by atoms with Gasteiger partial charge in [0.05, 0.1) is 30.3 Å². The second-order valence-corrected chi connectivity index (χ2v) is 9.35. The summed E-state index contributed by atoms with van der Waals surface area (Å²) >= 11 is 0. The molecule has 0 N–H and O–H groups in total. The van der Waals surface area contributed by atoms with Crippen molar-refractivity contribution in [2.24, 2.45) is 4.15 Å². The second-order valence-electron chi connectivity index (χ2n) is 4.97. The van der Waals surface area contributed by atoms with Gasteiger partial charge in [0, 0.05) is 0 Å². The third-order valence-corrected chi connectivity index (χ3v) is 7.73. The highest BCUT2D eigenvalue weighted by Crippen LogP contribution is 2.55. The highest BCUT2D eigenvalue weighted by atomic mass is 32.2. The molecule has 10 heteroatoms. The minimum atomic E-state index is -4.03. The Balaban J connectivity index is 3.31. The van der Waals surface area contributed by atoms with E-state index in [9.17, 15) is 13.2 Å². The van der Waals surface area contributed by atoms with Gasteiger partial charge in [-0.1, -0.05) is 0 Å². The standard InChI is InChI=1S/C15H25N2O6PS/c1-6-21-15(18)13-9-11-14(12-10-13)25(19,20)16-24(17(4)5,22-7-2)23-8-3/h9-12H,6-8H2,1-5H3. The highest BCUT2D eigenvalue weighted by molar-refractivity contribution is 7.93. The van der Waals surface area contributed by atoms with Crippen molar-refractivity contribution in [2.45, 2.75) is 25.7 Å². The fourth-order valence-electron chi connectivity index (χ4n) is 1.89. The van der Waals surface area contributed by atoms with Crippen LogP contribution in [0.5, 0.6) is 0 Å². The lowest BCUT2D eigenvalue weighted by Gasteiger charge is -2.28. The summed E-state index contributed by atoms with van der Waals surface area (Å²) in [5.41, 5.74) is 0.268. The van der Waals surface area contributed by atoms with Gasteiger partial charge in [0.2, 0.25) is 0 Å². The molecule has 25 heavy (non-hydrogen) atoms. The van der Waals surface area contributed by atoms with Crippen molar-refractivity contribution in [3.8, 4) is 0 Å². The Morgan fingerprint density at radius 2 is 1.56 bits per heavy atom. The van der Waals surface area contributed by atoms with Gasteiger partial charge in [0.1, 0.15) is 0 Å². The monoisotopic (exact) mass is 392 g/mol. The number of nitrogens with zero attached hydrogens (tertiary/aromatic N) is 2. The Morgan fingerprint density at radius 3 is 1.96 bits per heavy atom. The third kappa shape index (κ3) is 5.62. The number of hydrogen-bond donors (Lipinski definition) is 0. The minimum Gasteiger partial charge on any atom is -0.462 e. The summed E-state index contributed by atoms with van der Waals surface area (Å²) in [5, 5.41) is 0. The van der Waals surface area contributed by atoms with E-state index in [0.717, 1.165) is 0 Å². The van der Waals surface area contributed by atoms with Crippen molar-refractivity contribution in [3.05, 3.63) is 29.8 Å². The maximum absolute atomic E-state index is 12.7. The molecule has 0 bridgehead atoms. The van der Waals surface area contributed by atoms with Crippen LogP contribution in [-0.2, 0) is 23.8 Å². The third-order valence-electron chi connectivity index (χ3n) is 2.97. The minimum absolute atomic E-state index is 0.0498. The van der Waals surface area contributed by atoms with Gasteiger partial charge in [-0.25, -0.2) is 9.46 Å². The second kappa shape index (κ2) is 9.45. The Hall–Kier alpha value is -1.25. The molecule has 1 rings (SSSR count). The fourth-order valence-corrected chi connectivity index (χ4v) is 6.00. The van der Waals surface area contributed by atoms with Crippen LogP contribution in [0.15, 0.2) is 33.3 Å². The summed E-state index contributed by atoms with van der Waals surface area (Å²) in [6.07, 6.45) is 0. The van der Waals surface area contributed by atoms with E-state index < -0.39 is 23.7 Å². The van der Waals surface area contributed by atoms with Crippen LogP contribution in [-0.4, -0.2) is 53.0 Å². The van der Waals surface area contributed by atoms with E-state index in [4.69, 9.17) is 13.8 Å². The summed E-state index contributed by atoms with van der Waals surface area (Å²) in [6.45, 7) is 5.94. The molecule has 1 aromatic rings. The van der Waals surface area contributed by atoms with E-state index in [1.165, 1.54) is 24.3 Å². The van der Waals surface area contributed by atoms with E-state index in [0.29, 0.717) is 0 Å². The number of rotatable bonds is 9. The zero-order chi connectivity index (χ0) is 19.1. The van der Waals surface area contributed by atoms with Gasteiger partial charge in [0.25, 0.3) is 10.0 Å². The lowest BCUT2D eigenvalue weighted by atomic mass is 10.2. The van der Waals surface area contributed by atoms with E-state index >= 15 is 0 Å². The first kappa shape index (κ1) is 21.8. The largest absolute Gasteiger partial charge is 0.462 e. The summed E-state index contributed by atoms with van der Waals surface area (Å²) in [5.74, 6) is -0.512. The van der Waals surface area contributed by atoms with Crippen LogP contribution in [0.25, 0.3) is 0 Å². The number of esters is 1. The first-order valence-corrected chi connectivity index (χ1v) is 10.8. The molecule has 0 saturated heterocycles. The Bertz CT molecular complexity index is 721. The number of carbonyl (C=O) groups is 1. The van der Waals surface area contributed by atoms with Crippen LogP contribution in [0.2, 0.25) is 0 Å². The van der Waals surface area contributed by atoms with Gasteiger partial charge < -0.3 is 13.8 Å². The summed E-state index contributed by atoms with van der Waals surface area (Å²) in [6, 6.07) is 5.40. The summed E-state index contributed by atoms with van der Waals surface area (Å²) in [4.78, 5) is 11.6. The molecule has 0 unspecified atom stereocenters. The number of hydrogen-bond acceptors (Lipinski definition) is 6. The average Bonchev–Trinajstić information content (AvgIpc) is 2.55. The Morgan fingerprint density at radius 1 is 1.04 bits per heavy atom. The zero-order valence-corrected chi connectivity index (χ0v) is 16.8. The van der Waals surface area contributed by atoms with Gasteiger partial charge in [-0.2, -0.15) is 8.42 Å². The molecule has 0 aromatic heterocycles. The smallest absolute Gasteiger partial charge is 0.338 e. The lowest BCUT2D eigenvalue weighted by Crippen LogP contribution is -2.15. The van der Waals surface area contributed by atoms with Gasteiger partial charge in [-0.05, 0) is 59.1 Å². The SMILES string of the molecule is CCOC(=O)c1ccc(S(=O)(=O)N=P(OCC)(OCC)N(C)C)cc1. The predicted molar refractivity (Wildman–Crippen MR) is 95.9 cm³/mol. The Labute approximate surface area is 149 Å². The first-order valence-electron chi connectivity index (χ1n) is 7.85. The summed E-state index contributed by atoms with van der Waals surface area (Å²) < 4.78 is 46.9. The zero-order valence-electron chi connectivity index (χ0n) is 15.1.